The van der Waals surface area contributed by atoms with Gasteiger partial charge in [-0.25, -0.2) is 0 Å². The number of hydrogen-bond donors (Lipinski definition) is 0. The van der Waals surface area contributed by atoms with Crippen molar-refractivity contribution in [2.75, 3.05) is 51.7 Å². The number of likely N-dealkylation sites (tertiary alicyclic amines) is 2. The third-order valence-corrected chi connectivity index (χ3v) is 12.6. The highest BCUT2D eigenvalue weighted by atomic mass is 16.5. The van der Waals surface area contributed by atoms with E-state index in [1.54, 1.807) is 0 Å². The molecule has 258 valence electrons. The first kappa shape index (κ1) is 33.9. The van der Waals surface area contributed by atoms with Crippen LogP contribution < -0.4 is 9.64 Å². The van der Waals surface area contributed by atoms with E-state index in [2.05, 4.69) is 154 Å². The van der Waals surface area contributed by atoms with Crippen LogP contribution in [0.5, 0.6) is 5.75 Å². The molecule has 3 aliphatic rings. The predicted molar refractivity (Wildman–Crippen MR) is 205 cm³/mol. The highest BCUT2D eigenvalue weighted by molar-refractivity contribution is 5.55. The number of anilines is 1. The van der Waals surface area contributed by atoms with Gasteiger partial charge in [-0.3, -0.25) is 4.90 Å². The van der Waals surface area contributed by atoms with E-state index < -0.39 is 0 Å². The summed E-state index contributed by atoms with van der Waals surface area (Å²) in [6.07, 6.45) is 6.35. The van der Waals surface area contributed by atoms with Gasteiger partial charge in [-0.1, -0.05) is 99.5 Å². The molecule has 3 aliphatic heterocycles. The molecule has 3 fully saturated rings. The van der Waals surface area contributed by atoms with Crippen LogP contribution in [0.25, 0.3) is 0 Å². The average molecular weight is 656 g/mol. The van der Waals surface area contributed by atoms with Crippen LogP contribution in [0.1, 0.15) is 85.4 Å². The van der Waals surface area contributed by atoms with Crippen LogP contribution in [0.2, 0.25) is 0 Å². The second kappa shape index (κ2) is 13.3. The molecule has 0 N–H and O–H groups in total. The fourth-order valence-electron chi connectivity index (χ4n) is 8.74. The first-order valence-corrected chi connectivity index (χ1v) is 18.6. The van der Waals surface area contributed by atoms with Gasteiger partial charge in [-0.05, 0) is 118 Å². The molecular formula is C45H57N3O. The SMILES string of the molecule is Cc1ccc(C(C)(Cc2cc(C(C)(C)c3ccc(OC4CCN(C)C4)cc3)ccc2C)c2ccc(N3CC4(CCCCN4C)C3)cc2)cc1. The Kier molecular flexibility index (Phi) is 9.17. The molecule has 2 atom stereocenters. The van der Waals surface area contributed by atoms with Crippen LogP contribution in [0.3, 0.4) is 0 Å². The van der Waals surface area contributed by atoms with E-state index in [0.29, 0.717) is 5.54 Å². The van der Waals surface area contributed by atoms with Crippen molar-refractivity contribution in [1.29, 1.82) is 0 Å². The molecule has 1 spiro atoms. The van der Waals surface area contributed by atoms with Crippen molar-refractivity contribution in [3.05, 3.63) is 130 Å². The van der Waals surface area contributed by atoms with Crippen molar-refractivity contribution in [1.82, 2.24) is 9.80 Å². The Morgan fingerprint density at radius 2 is 1.37 bits per heavy atom. The van der Waals surface area contributed by atoms with Gasteiger partial charge in [0.25, 0.3) is 0 Å². The number of hydrogen-bond acceptors (Lipinski definition) is 4. The molecule has 4 aromatic rings. The highest BCUT2D eigenvalue weighted by Gasteiger charge is 2.47. The van der Waals surface area contributed by atoms with Gasteiger partial charge in [0, 0.05) is 42.7 Å². The third-order valence-electron chi connectivity index (χ3n) is 12.6. The molecule has 2 unspecified atom stereocenters. The number of benzene rings is 4. The average Bonchev–Trinajstić information content (AvgIpc) is 3.49. The Morgan fingerprint density at radius 3 is 2.00 bits per heavy atom. The largest absolute Gasteiger partial charge is 0.489 e. The molecule has 4 aromatic carbocycles. The number of nitrogens with zero attached hydrogens (tertiary/aromatic N) is 3. The molecule has 49 heavy (non-hydrogen) atoms. The normalized spacial score (nSPS) is 21.0. The topological polar surface area (TPSA) is 19.0 Å². The van der Waals surface area contributed by atoms with E-state index in [1.165, 1.54) is 70.4 Å². The zero-order chi connectivity index (χ0) is 34.4. The van der Waals surface area contributed by atoms with Crippen LogP contribution >= 0.6 is 0 Å². The zero-order valence-electron chi connectivity index (χ0n) is 31.1. The fourth-order valence-corrected chi connectivity index (χ4v) is 8.74. The summed E-state index contributed by atoms with van der Waals surface area (Å²) in [4.78, 5) is 7.54. The molecule has 0 aliphatic carbocycles. The van der Waals surface area contributed by atoms with Gasteiger partial charge < -0.3 is 14.5 Å². The molecule has 0 aromatic heterocycles. The van der Waals surface area contributed by atoms with E-state index >= 15 is 0 Å². The summed E-state index contributed by atoms with van der Waals surface area (Å²) >= 11 is 0. The fraction of sp³-hybridized carbons (Fsp3) is 0.467. The van der Waals surface area contributed by atoms with Crippen LogP contribution in [-0.4, -0.2) is 68.3 Å². The van der Waals surface area contributed by atoms with Crippen molar-refractivity contribution < 1.29 is 4.74 Å². The van der Waals surface area contributed by atoms with Crippen molar-refractivity contribution in [3.8, 4) is 5.75 Å². The Bertz CT molecular complexity index is 1740. The molecule has 0 saturated carbocycles. The van der Waals surface area contributed by atoms with E-state index in [-0.39, 0.29) is 16.9 Å². The molecule has 4 heteroatoms. The molecule has 4 nitrogen and oxygen atoms in total. The zero-order valence-corrected chi connectivity index (χ0v) is 31.1. The molecule has 3 saturated heterocycles. The van der Waals surface area contributed by atoms with Crippen LogP contribution in [0.15, 0.2) is 91.0 Å². The predicted octanol–water partition coefficient (Wildman–Crippen LogP) is 8.94. The van der Waals surface area contributed by atoms with Gasteiger partial charge in [0.05, 0.1) is 5.54 Å². The van der Waals surface area contributed by atoms with Gasteiger partial charge >= 0.3 is 0 Å². The summed E-state index contributed by atoms with van der Waals surface area (Å²) in [5.41, 5.74) is 10.9. The maximum absolute atomic E-state index is 6.31. The second-order valence-electron chi connectivity index (χ2n) is 16.5. The smallest absolute Gasteiger partial charge is 0.119 e. The summed E-state index contributed by atoms with van der Waals surface area (Å²) in [6.45, 7) is 17.2. The third kappa shape index (κ3) is 6.67. The van der Waals surface area contributed by atoms with Crippen molar-refractivity contribution in [3.63, 3.8) is 0 Å². The maximum atomic E-state index is 6.31. The molecule has 3 heterocycles. The number of ether oxygens (including phenoxy) is 1. The minimum atomic E-state index is -0.174. The van der Waals surface area contributed by atoms with Crippen molar-refractivity contribution >= 4 is 5.69 Å². The van der Waals surface area contributed by atoms with Crippen molar-refractivity contribution in [2.45, 2.75) is 89.2 Å². The van der Waals surface area contributed by atoms with E-state index in [4.69, 9.17) is 4.74 Å². The molecular weight excluding hydrogens is 599 g/mol. The van der Waals surface area contributed by atoms with Gasteiger partial charge in [-0.15, -0.1) is 0 Å². The number of rotatable bonds is 9. The van der Waals surface area contributed by atoms with Gasteiger partial charge in [0.1, 0.15) is 11.9 Å². The highest BCUT2D eigenvalue weighted by Crippen LogP contribution is 2.42. The van der Waals surface area contributed by atoms with Gasteiger partial charge in [-0.2, -0.15) is 0 Å². The monoisotopic (exact) mass is 655 g/mol. The first-order chi connectivity index (χ1) is 23.4. The maximum Gasteiger partial charge on any atom is 0.119 e. The Labute approximate surface area is 296 Å². The number of likely N-dealkylation sites (N-methyl/N-ethyl adjacent to an activating group) is 2. The summed E-state index contributed by atoms with van der Waals surface area (Å²) < 4.78 is 6.31. The summed E-state index contributed by atoms with van der Waals surface area (Å²) in [5.74, 6) is 0.972. The lowest BCUT2D eigenvalue weighted by atomic mass is 9.70. The number of aryl methyl sites for hydroxylation is 2. The Morgan fingerprint density at radius 1 is 0.735 bits per heavy atom. The number of piperidine rings is 1. The minimum Gasteiger partial charge on any atom is -0.489 e. The first-order valence-electron chi connectivity index (χ1n) is 18.6. The van der Waals surface area contributed by atoms with E-state index in [0.717, 1.165) is 44.8 Å². The second-order valence-corrected chi connectivity index (χ2v) is 16.5. The molecule has 0 amide bonds. The summed E-state index contributed by atoms with van der Waals surface area (Å²) in [6, 6.07) is 34.8. The lowest BCUT2D eigenvalue weighted by molar-refractivity contribution is 0.0459. The van der Waals surface area contributed by atoms with Crippen LogP contribution in [0.4, 0.5) is 5.69 Å². The van der Waals surface area contributed by atoms with Crippen LogP contribution in [-0.2, 0) is 17.3 Å². The lowest BCUT2D eigenvalue weighted by Gasteiger charge is -2.58. The Hall–Kier alpha value is -3.60. The summed E-state index contributed by atoms with van der Waals surface area (Å²) in [5, 5.41) is 0. The van der Waals surface area contributed by atoms with Gasteiger partial charge in [0.2, 0.25) is 0 Å². The lowest BCUT2D eigenvalue weighted by Crippen LogP contribution is -2.70. The molecule has 0 bridgehead atoms. The summed E-state index contributed by atoms with van der Waals surface area (Å²) in [7, 11) is 4.49. The van der Waals surface area contributed by atoms with Crippen LogP contribution in [0, 0.1) is 13.8 Å². The Balaban J connectivity index is 1.14. The van der Waals surface area contributed by atoms with E-state index in [9.17, 15) is 0 Å². The molecule has 7 rings (SSSR count). The standard InChI is InChI=1S/C45H57N3O/c1-33-10-13-37(14-11-33)44(5,38-16-20-40(21-17-38)48-31-45(32-48)25-8-9-26-47(45)7)29-35-28-39(15-12-34(35)2)43(3,4)36-18-22-41(23-19-36)49-42-24-27-46(6)30-42/h10-23,28,42H,8-9,24-27,29-32H2,1-7H3. The van der Waals surface area contributed by atoms with Gasteiger partial charge in [0.15, 0.2) is 0 Å². The quantitative estimate of drug-likeness (QED) is 0.179. The minimum absolute atomic E-state index is 0.141. The van der Waals surface area contributed by atoms with Crippen molar-refractivity contribution in [2.24, 2.45) is 0 Å². The molecule has 0 radical (unpaired) electrons. The van der Waals surface area contributed by atoms with E-state index in [1.807, 2.05) is 0 Å².